The zero-order valence-corrected chi connectivity index (χ0v) is 24.3. The Labute approximate surface area is 223 Å². The third-order valence-corrected chi connectivity index (χ3v) is 13.6. The summed E-state index contributed by atoms with van der Waals surface area (Å²) in [5.41, 5.74) is 0.669. The SMILES string of the molecule is CC(=O)O[C@@H]1CC[C@]2(C)[C@H]3CC=C4[C@@H]5C[C@](C)(CO)CC[C@]5(C(=O)O)CC[C@@]4(C)[C@]3(C)CC[C@H]2C1(C)C. The number of carboxylic acids is 1. The molecule has 0 bridgehead atoms. The number of aliphatic hydroxyl groups excluding tert-OH is 1. The predicted molar refractivity (Wildman–Crippen MR) is 144 cm³/mol. The average molecular weight is 515 g/mol. The van der Waals surface area contributed by atoms with E-state index in [-0.39, 0.29) is 51.7 Å². The molecule has 0 saturated heterocycles. The number of allylic oxidation sites excluding steroid dienone is 2. The molecule has 0 aromatic carbocycles. The fraction of sp³-hybridized carbons (Fsp3) is 0.875. The van der Waals surface area contributed by atoms with E-state index in [2.05, 4.69) is 47.6 Å². The van der Waals surface area contributed by atoms with Crippen molar-refractivity contribution in [1.29, 1.82) is 0 Å². The van der Waals surface area contributed by atoms with Crippen LogP contribution < -0.4 is 0 Å². The van der Waals surface area contributed by atoms with Crippen molar-refractivity contribution >= 4 is 11.9 Å². The van der Waals surface area contributed by atoms with Crippen LogP contribution in [-0.2, 0) is 14.3 Å². The summed E-state index contributed by atoms with van der Waals surface area (Å²) in [6.45, 7) is 15.9. The van der Waals surface area contributed by atoms with Crippen LogP contribution in [0.4, 0.5) is 0 Å². The first-order valence-corrected chi connectivity index (χ1v) is 14.8. The number of aliphatic hydroxyl groups is 1. The van der Waals surface area contributed by atoms with Crippen LogP contribution in [0.3, 0.4) is 0 Å². The molecule has 5 nitrogen and oxygen atoms in total. The van der Waals surface area contributed by atoms with Gasteiger partial charge in [-0.2, -0.15) is 0 Å². The van der Waals surface area contributed by atoms with Crippen molar-refractivity contribution in [3.8, 4) is 0 Å². The summed E-state index contributed by atoms with van der Waals surface area (Å²) < 4.78 is 5.86. The fourth-order valence-electron chi connectivity index (χ4n) is 11.1. The molecule has 9 atom stereocenters. The van der Waals surface area contributed by atoms with E-state index in [0.717, 1.165) is 57.8 Å². The molecule has 5 heteroatoms. The second kappa shape index (κ2) is 8.32. The highest BCUT2D eigenvalue weighted by Crippen LogP contribution is 2.75. The maximum absolute atomic E-state index is 12.8. The number of hydrogen-bond donors (Lipinski definition) is 2. The molecular formula is C32H50O5. The Morgan fingerprint density at radius 2 is 1.62 bits per heavy atom. The molecule has 37 heavy (non-hydrogen) atoms. The predicted octanol–water partition coefficient (Wildman–Crippen LogP) is 6.78. The molecule has 0 aromatic heterocycles. The van der Waals surface area contributed by atoms with E-state index in [1.165, 1.54) is 12.5 Å². The lowest BCUT2D eigenvalue weighted by atomic mass is 9.33. The molecule has 0 amide bonds. The van der Waals surface area contributed by atoms with Crippen molar-refractivity contribution in [3.05, 3.63) is 11.6 Å². The molecule has 4 fully saturated rings. The third-order valence-electron chi connectivity index (χ3n) is 13.6. The molecule has 0 radical (unpaired) electrons. The number of carbonyl (C=O) groups is 2. The largest absolute Gasteiger partial charge is 0.481 e. The van der Waals surface area contributed by atoms with E-state index in [1.807, 2.05) is 0 Å². The first-order valence-electron chi connectivity index (χ1n) is 14.8. The molecule has 0 aliphatic heterocycles. The number of esters is 1. The monoisotopic (exact) mass is 514 g/mol. The van der Waals surface area contributed by atoms with Gasteiger partial charge in [0.2, 0.25) is 0 Å². The molecule has 0 spiro atoms. The number of aliphatic carboxylic acids is 1. The summed E-state index contributed by atoms with van der Waals surface area (Å²) in [4.78, 5) is 24.7. The lowest BCUT2D eigenvalue weighted by molar-refractivity contribution is -0.213. The zero-order valence-electron chi connectivity index (χ0n) is 24.3. The smallest absolute Gasteiger partial charge is 0.310 e. The Bertz CT molecular complexity index is 1010. The minimum atomic E-state index is -0.686. The van der Waals surface area contributed by atoms with Crippen LogP contribution in [0.2, 0.25) is 0 Å². The van der Waals surface area contributed by atoms with Crippen molar-refractivity contribution < 1.29 is 24.5 Å². The van der Waals surface area contributed by atoms with E-state index in [4.69, 9.17) is 4.74 Å². The summed E-state index contributed by atoms with van der Waals surface area (Å²) in [5.74, 6) is 0.216. The molecule has 0 aromatic rings. The molecule has 208 valence electrons. The van der Waals surface area contributed by atoms with Crippen molar-refractivity contribution in [1.82, 2.24) is 0 Å². The average Bonchev–Trinajstić information content (AvgIpc) is 2.81. The number of carbonyl (C=O) groups excluding carboxylic acids is 1. The minimum absolute atomic E-state index is 0.00842. The topological polar surface area (TPSA) is 83.8 Å². The van der Waals surface area contributed by atoms with Gasteiger partial charge in [0.1, 0.15) is 6.10 Å². The van der Waals surface area contributed by atoms with Gasteiger partial charge in [-0.15, -0.1) is 0 Å². The van der Waals surface area contributed by atoms with Crippen LogP contribution in [0.15, 0.2) is 11.6 Å². The number of hydrogen-bond acceptors (Lipinski definition) is 4. The molecule has 5 aliphatic carbocycles. The number of rotatable bonds is 3. The van der Waals surface area contributed by atoms with Gasteiger partial charge in [0.15, 0.2) is 0 Å². The Morgan fingerprint density at radius 1 is 0.946 bits per heavy atom. The maximum Gasteiger partial charge on any atom is 0.310 e. The molecule has 0 unspecified atom stereocenters. The highest BCUT2D eigenvalue weighted by molar-refractivity contribution is 5.76. The van der Waals surface area contributed by atoms with Gasteiger partial charge in [-0.3, -0.25) is 9.59 Å². The number of ether oxygens (including phenoxy) is 1. The Balaban J connectivity index is 1.55. The quantitative estimate of drug-likeness (QED) is 0.320. The Kier molecular flexibility index (Phi) is 6.12. The van der Waals surface area contributed by atoms with Gasteiger partial charge in [0.05, 0.1) is 5.41 Å². The van der Waals surface area contributed by atoms with E-state index < -0.39 is 11.4 Å². The molecule has 2 N–H and O–H groups in total. The Hall–Kier alpha value is -1.36. The molecule has 0 heterocycles. The van der Waals surface area contributed by atoms with Gasteiger partial charge < -0.3 is 14.9 Å². The summed E-state index contributed by atoms with van der Waals surface area (Å²) in [5, 5.41) is 20.8. The third kappa shape index (κ3) is 3.50. The minimum Gasteiger partial charge on any atom is -0.481 e. The lowest BCUT2D eigenvalue weighted by Gasteiger charge is -2.71. The van der Waals surface area contributed by atoms with E-state index >= 15 is 0 Å². The fourth-order valence-corrected chi connectivity index (χ4v) is 11.1. The molecule has 5 rings (SSSR count). The van der Waals surface area contributed by atoms with Crippen molar-refractivity contribution in [2.75, 3.05) is 6.61 Å². The second-order valence-corrected chi connectivity index (χ2v) is 15.4. The van der Waals surface area contributed by atoms with Crippen LogP contribution in [0, 0.1) is 50.2 Å². The van der Waals surface area contributed by atoms with Gasteiger partial charge in [0.25, 0.3) is 0 Å². The van der Waals surface area contributed by atoms with Gasteiger partial charge >= 0.3 is 11.9 Å². The van der Waals surface area contributed by atoms with Gasteiger partial charge in [-0.25, -0.2) is 0 Å². The first kappa shape index (κ1) is 27.2. The van der Waals surface area contributed by atoms with Crippen LogP contribution in [-0.4, -0.2) is 34.9 Å². The van der Waals surface area contributed by atoms with Crippen LogP contribution in [0.1, 0.15) is 113 Å². The van der Waals surface area contributed by atoms with Gasteiger partial charge in [-0.1, -0.05) is 53.2 Å². The van der Waals surface area contributed by atoms with Gasteiger partial charge in [0, 0.05) is 18.9 Å². The van der Waals surface area contributed by atoms with Gasteiger partial charge in [-0.05, 0) is 104 Å². The molecule has 5 aliphatic rings. The summed E-state index contributed by atoms with van der Waals surface area (Å²) in [6, 6.07) is 0. The van der Waals surface area contributed by atoms with Crippen LogP contribution in [0.25, 0.3) is 0 Å². The van der Waals surface area contributed by atoms with Crippen LogP contribution >= 0.6 is 0 Å². The van der Waals surface area contributed by atoms with Crippen molar-refractivity contribution in [2.45, 2.75) is 119 Å². The second-order valence-electron chi connectivity index (χ2n) is 15.4. The van der Waals surface area contributed by atoms with Crippen molar-refractivity contribution in [2.24, 2.45) is 50.2 Å². The molecule has 4 saturated carbocycles. The first-order chi connectivity index (χ1) is 17.1. The highest BCUT2D eigenvalue weighted by Gasteiger charge is 2.69. The van der Waals surface area contributed by atoms with E-state index in [0.29, 0.717) is 18.3 Å². The Morgan fingerprint density at radius 3 is 2.24 bits per heavy atom. The van der Waals surface area contributed by atoms with Crippen LogP contribution in [0.5, 0.6) is 0 Å². The normalized spacial score (nSPS) is 50.4. The number of fused-ring (bicyclic) bond motifs is 7. The van der Waals surface area contributed by atoms with Crippen molar-refractivity contribution in [3.63, 3.8) is 0 Å². The molecular weight excluding hydrogens is 464 g/mol. The standard InChI is InChI=1S/C32H50O5/c1-20(34)37-25-11-12-29(5)23(27(25,2)3)10-13-31(7)24(29)9-8-21-22-18-28(4,19-33)14-16-32(22,26(35)36)17-15-30(21,31)6/h8,22-25,33H,9-19H2,1-7H3,(H,35,36)/t22-,23-,24+,25+,28+,29-,30+,31+,32-/m0/s1. The van der Waals surface area contributed by atoms with E-state index in [1.54, 1.807) is 0 Å². The number of carboxylic acid groups (broad SMARTS) is 1. The lowest BCUT2D eigenvalue weighted by Crippen LogP contribution is -2.65. The highest BCUT2D eigenvalue weighted by atomic mass is 16.5. The summed E-state index contributed by atoms with van der Waals surface area (Å²) >= 11 is 0. The maximum atomic E-state index is 12.8. The summed E-state index contributed by atoms with van der Waals surface area (Å²) in [7, 11) is 0. The zero-order chi connectivity index (χ0) is 27.2. The van der Waals surface area contributed by atoms with E-state index in [9.17, 15) is 19.8 Å². The summed E-state index contributed by atoms with van der Waals surface area (Å²) in [6.07, 6.45) is 11.6.